The molecule has 2 heterocycles. The van der Waals surface area contributed by atoms with Crippen LogP contribution in [0.1, 0.15) is 15.9 Å². The lowest BCUT2D eigenvalue weighted by Crippen LogP contribution is -2.49. The van der Waals surface area contributed by atoms with E-state index < -0.39 is 15.8 Å². The van der Waals surface area contributed by atoms with Crippen LogP contribution in [0.2, 0.25) is 0 Å². The lowest BCUT2D eigenvalue weighted by Gasteiger charge is -2.33. The highest BCUT2D eigenvalue weighted by Crippen LogP contribution is 2.29. The molecule has 38 heavy (non-hydrogen) atoms. The number of rotatable bonds is 5. The van der Waals surface area contributed by atoms with Gasteiger partial charge in [-0.2, -0.15) is 5.10 Å². The lowest BCUT2D eigenvalue weighted by atomic mass is 10.0. The average Bonchev–Trinajstić information content (AvgIpc) is 3.31. The molecule has 196 valence electrons. The van der Waals surface area contributed by atoms with E-state index in [4.69, 9.17) is 4.74 Å². The fraction of sp³-hybridized carbons (Fsp3) is 0.250. The second-order valence-corrected chi connectivity index (χ2v) is 11.6. The number of esters is 1. The molecule has 0 unspecified atom stereocenters. The molecule has 0 bridgehead atoms. The van der Waals surface area contributed by atoms with Crippen LogP contribution in [0.3, 0.4) is 0 Å². The van der Waals surface area contributed by atoms with Crippen molar-refractivity contribution in [1.82, 2.24) is 14.7 Å². The third kappa shape index (κ3) is 5.26. The molecule has 2 amide bonds. The summed E-state index contributed by atoms with van der Waals surface area (Å²) < 4.78 is 30.5. The standard InChI is InChI=1S/C28H28N4O5S/c1-30-26-17-23(10-11-24(26)18-29-30)22-4-3-5-25(16-22)32(28(34)31-12-14-38(35,36)15-13-31)19-20-6-8-21(9-7-20)27(33)37-2/h3-11,16-18H,12-15,19H2,1-2H3. The van der Waals surface area contributed by atoms with Crippen LogP contribution in [0.25, 0.3) is 22.0 Å². The average molecular weight is 533 g/mol. The number of aromatic nitrogens is 2. The fourth-order valence-corrected chi connectivity index (χ4v) is 5.77. The Labute approximate surface area is 221 Å². The van der Waals surface area contributed by atoms with E-state index in [1.165, 1.54) is 7.11 Å². The molecule has 9 nitrogen and oxygen atoms in total. The van der Waals surface area contributed by atoms with Gasteiger partial charge in [0.1, 0.15) is 0 Å². The second kappa shape index (κ2) is 10.3. The molecule has 5 rings (SSSR count). The maximum absolute atomic E-state index is 13.7. The van der Waals surface area contributed by atoms with Gasteiger partial charge in [0.25, 0.3) is 0 Å². The van der Waals surface area contributed by atoms with Gasteiger partial charge < -0.3 is 9.64 Å². The van der Waals surface area contributed by atoms with Crippen LogP contribution < -0.4 is 4.90 Å². The minimum atomic E-state index is -3.14. The summed E-state index contributed by atoms with van der Waals surface area (Å²) in [5, 5.41) is 5.36. The maximum atomic E-state index is 13.7. The number of fused-ring (bicyclic) bond motifs is 1. The number of anilines is 1. The number of methoxy groups -OCH3 is 1. The summed E-state index contributed by atoms with van der Waals surface area (Å²) in [6.07, 6.45) is 1.82. The van der Waals surface area contributed by atoms with Crippen molar-refractivity contribution in [3.63, 3.8) is 0 Å². The van der Waals surface area contributed by atoms with Gasteiger partial charge in [-0.15, -0.1) is 0 Å². The molecule has 4 aromatic rings. The zero-order valence-electron chi connectivity index (χ0n) is 21.2. The minimum absolute atomic E-state index is 0.0504. The summed E-state index contributed by atoms with van der Waals surface area (Å²) in [5.41, 5.74) is 4.84. The number of carbonyl (C=O) groups excluding carboxylic acids is 2. The van der Waals surface area contributed by atoms with Crippen LogP contribution in [0.4, 0.5) is 10.5 Å². The number of benzene rings is 3. The normalized spacial score (nSPS) is 14.8. The number of aryl methyl sites for hydroxylation is 1. The van der Waals surface area contributed by atoms with Crippen molar-refractivity contribution >= 4 is 38.4 Å². The molecular weight excluding hydrogens is 504 g/mol. The second-order valence-electron chi connectivity index (χ2n) is 9.29. The van der Waals surface area contributed by atoms with Gasteiger partial charge in [-0.05, 0) is 47.0 Å². The molecule has 0 N–H and O–H groups in total. The summed E-state index contributed by atoms with van der Waals surface area (Å²) in [6, 6.07) is 20.5. The topological polar surface area (TPSA) is 102 Å². The summed E-state index contributed by atoms with van der Waals surface area (Å²) in [7, 11) is 0.0873. The minimum Gasteiger partial charge on any atom is -0.465 e. The van der Waals surface area contributed by atoms with Crippen molar-refractivity contribution in [1.29, 1.82) is 0 Å². The van der Waals surface area contributed by atoms with E-state index >= 15 is 0 Å². The van der Waals surface area contributed by atoms with Crippen LogP contribution in [0.5, 0.6) is 0 Å². The van der Waals surface area contributed by atoms with Crippen molar-refractivity contribution in [2.45, 2.75) is 6.54 Å². The van der Waals surface area contributed by atoms with Gasteiger partial charge in [0, 0.05) is 31.2 Å². The predicted octanol–water partition coefficient (Wildman–Crippen LogP) is 3.88. The first-order valence-corrected chi connectivity index (χ1v) is 14.0. The summed E-state index contributed by atoms with van der Waals surface area (Å²) >= 11 is 0. The first kappa shape index (κ1) is 25.5. The fourth-order valence-electron chi connectivity index (χ4n) is 4.57. The highest BCUT2D eigenvalue weighted by molar-refractivity contribution is 7.91. The van der Waals surface area contributed by atoms with Crippen molar-refractivity contribution in [3.8, 4) is 11.1 Å². The van der Waals surface area contributed by atoms with Crippen LogP contribution in [-0.4, -0.2) is 66.8 Å². The third-order valence-electron chi connectivity index (χ3n) is 6.80. The quantitative estimate of drug-likeness (QED) is 0.362. The van der Waals surface area contributed by atoms with E-state index in [2.05, 4.69) is 11.2 Å². The Kier molecular flexibility index (Phi) is 6.90. The van der Waals surface area contributed by atoms with Crippen LogP contribution in [0, 0.1) is 0 Å². The van der Waals surface area contributed by atoms with Gasteiger partial charge in [-0.1, -0.05) is 36.4 Å². The van der Waals surface area contributed by atoms with Gasteiger partial charge >= 0.3 is 12.0 Å². The van der Waals surface area contributed by atoms with Gasteiger partial charge in [-0.3, -0.25) is 9.58 Å². The Morgan fingerprint density at radius 3 is 2.39 bits per heavy atom. The van der Waals surface area contributed by atoms with Crippen LogP contribution in [-0.2, 0) is 28.2 Å². The Bertz CT molecular complexity index is 1600. The van der Waals surface area contributed by atoms with Gasteiger partial charge in [0.2, 0.25) is 0 Å². The zero-order valence-corrected chi connectivity index (χ0v) is 22.0. The van der Waals surface area contributed by atoms with E-state index in [0.717, 1.165) is 27.6 Å². The van der Waals surface area contributed by atoms with Crippen molar-refractivity contribution in [3.05, 3.63) is 84.1 Å². The number of nitrogens with zero attached hydrogens (tertiary/aromatic N) is 4. The van der Waals surface area contributed by atoms with Crippen LogP contribution in [0.15, 0.2) is 72.9 Å². The Morgan fingerprint density at radius 1 is 0.974 bits per heavy atom. The summed E-state index contributed by atoms with van der Waals surface area (Å²) in [6.45, 7) is 0.541. The molecule has 1 aliphatic rings. The molecule has 0 aliphatic carbocycles. The van der Waals surface area contributed by atoms with E-state index in [-0.39, 0.29) is 37.2 Å². The molecule has 0 saturated carbocycles. The number of carbonyl (C=O) groups is 2. The number of hydrogen-bond donors (Lipinski definition) is 0. The molecule has 1 fully saturated rings. The van der Waals surface area contributed by atoms with Gasteiger partial charge in [0.05, 0.1) is 42.4 Å². The summed E-state index contributed by atoms with van der Waals surface area (Å²) in [4.78, 5) is 28.8. The zero-order chi connectivity index (χ0) is 26.9. The molecule has 1 aliphatic heterocycles. The Hall–Kier alpha value is -4.18. The number of urea groups is 1. The first-order valence-electron chi connectivity index (χ1n) is 12.2. The molecule has 0 radical (unpaired) electrons. The van der Waals surface area contributed by atoms with E-state index in [9.17, 15) is 18.0 Å². The maximum Gasteiger partial charge on any atom is 0.337 e. The molecule has 3 aromatic carbocycles. The first-order chi connectivity index (χ1) is 18.2. The monoisotopic (exact) mass is 532 g/mol. The van der Waals surface area contributed by atoms with Crippen LogP contribution >= 0.6 is 0 Å². The Balaban J connectivity index is 1.49. The Morgan fingerprint density at radius 2 is 1.68 bits per heavy atom. The van der Waals surface area contributed by atoms with Crippen molar-refractivity contribution in [2.24, 2.45) is 7.05 Å². The van der Waals surface area contributed by atoms with Gasteiger partial charge in [0.15, 0.2) is 9.84 Å². The lowest BCUT2D eigenvalue weighted by molar-refractivity contribution is 0.0600. The molecular formula is C28H28N4O5S. The molecule has 1 saturated heterocycles. The smallest absolute Gasteiger partial charge is 0.337 e. The highest BCUT2D eigenvalue weighted by atomic mass is 32.2. The molecule has 0 spiro atoms. The van der Waals surface area contributed by atoms with Gasteiger partial charge in [-0.25, -0.2) is 18.0 Å². The molecule has 10 heteroatoms. The number of sulfone groups is 1. The SMILES string of the molecule is COC(=O)c1ccc(CN(C(=O)N2CCS(=O)(=O)CC2)c2cccc(-c3ccc4cnn(C)c4c3)c2)cc1. The van der Waals surface area contributed by atoms with Crippen molar-refractivity contribution < 1.29 is 22.7 Å². The number of ether oxygens (including phenoxy) is 1. The molecule has 0 atom stereocenters. The molecule has 1 aromatic heterocycles. The largest absolute Gasteiger partial charge is 0.465 e. The highest BCUT2D eigenvalue weighted by Gasteiger charge is 2.29. The van der Waals surface area contributed by atoms with E-state index in [1.54, 1.807) is 34.1 Å². The van der Waals surface area contributed by atoms with E-state index in [0.29, 0.717) is 11.3 Å². The summed E-state index contributed by atoms with van der Waals surface area (Å²) in [5.74, 6) is -0.534. The number of amides is 2. The number of hydrogen-bond acceptors (Lipinski definition) is 6. The predicted molar refractivity (Wildman–Crippen MR) is 146 cm³/mol. The van der Waals surface area contributed by atoms with E-state index in [1.807, 2.05) is 54.3 Å². The van der Waals surface area contributed by atoms with Crippen molar-refractivity contribution in [2.75, 3.05) is 36.6 Å². The third-order valence-corrected chi connectivity index (χ3v) is 8.41.